The maximum absolute atomic E-state index is 6.13. The monoisotopic (exact) mass is 561 g/mol. The molecule has 0 fully saturated rings. The first-order valence-electron chi connectivity index (χ1n) is 15.0. The van der Waals surface area contributed by atoms with Gasteiger partial charge in [0.15, 0.2) is 0 Å². The third kappa shape index (κ3) is 3.96. The van der Waals surface area contributed by atoms with E-state index in [1.165, 1.54) is 55.3 Å². The van der Waals surface area contributed by atoms with Gasteiger partial charge in [0, 0.05) is 27.2 Å². The maximum Gasteiger partial charge on any atom is 0.136 e. The van der Waals surface area contributed by atoms with Crippen molar-refractivity contribution in [3.63, 3.8) is 0 Å². The molecular weight excluding hydrogens is 534 g/mol. The summed E-state index contributed by atoms with van der Waals surface area (Å²) in [5.41, 5.74) is 12.6. The molecule has 0 aliphatic heterocycles. The lowest BCUT2D eigenvalue weighted by molar-refractivity contribution is 0.669. The molecule has 9 rings (SSSR count). The van der Waals surface area contributed by atoms with Gasteiger partial charge in [-0.25, -0.2) is 0 Å². The number of hydrogen-bond acceptors (Lipinski definition) is 1. The van der Waals surface area contributed by atoms with Crippen molar-refractivity contribution in [3.05, 3.63) is 164 Å². The summed E-state index contributed by atoms with van der Waals surface area (Å²) in [6.45, 7) is 0. The largest absolute Gasteiger partial charge is 0.456 e. The zero-order chi connectivity index (χ0) is 29.0. The molecule has 0 amide bonds. The van der Waals surface area contributed by atoms with Crippen LogP contribution in [0.3, 0.4) is 0 Å². The summed E-state index contributed by atoms with van der Waals surface area (Å²) in [7, 11) is 0. The lowest BCUT2D eigenvalue weighted by Crippen LogP contribution is -1.93. The lowest BCUT2D eigenvalue weighted by Gasteiger charge is -2.11. The molecule has 206 valence electrons. The van der Waals surface area contributed by atoms with Gasteiger partial charge >= 0.3 is 0 Å². The van der Waals surface area contributed by atoms with Gasteiger partial charge in [-0.3, -0.25) is 0 Å². The molecule has 0 saturated heterocycles. The highest BCUT2D eigenvalue weighted by Gasteiger charge is 2.12. The fraction of sp³-hybridized carbons (Fsp3) is 0. The SMILES string of the molecule is c1cc(-c2ccc(-c3ccc4c(c3)oc3ccccc34)cc2)cc(-c2ccc(-n3c4ccccc4c4ccccc43)cc2)c1. The molecule has 2 heterocycles. The molecule has 7 aromatic carbocycles. The molecule has 9 aromatic rings. The molecule has 0 aliphatic carbocycles. The Labute approximate surface area is 255 Å². The van der Waals surface area contributed by atoms with Gasteiger partial charge in [0.25, 0.3) is 0 Å². The number of aromatic nitrogens is 1. The van der Waals surface area contributed by atoms with Crippen LogP contribution in [0.4, 0.5) is 0 Å². The van der Waals surface area contributed by atoms with Crippen LogP contribution in [0.15, 0.2) is 168 Å². The first-order chi connectivity index (χ1) is 21.8. The van der Waals surface area contributed by atoms with Gasteiger partial charge in [-0.15, -0.1) is 0 Å². The summed E-state index contributed by atoms with van der Waals surface area (Å²) >= 11 is 0. The molecule has 2 aromatic heterocycles. The zero-order valence-electron chi connectivity index (χ0n) is 23.9. The number of benzene rings is 7. The van der Waals surface area contributed by atoms with Crippen molar-refractivity contribution in [2.45, 2.75) is 0 Å². The molecule has 0 radical (unpaired) electrons. The quantitative estimate of drug-likeness (QED) is 0.209. The average Bonchev–Trinajstić information content (AvgIpc) is 3.64. The van der Waals surface area contributed by atoms with Crippen LogP contribution in [0, 0.1) is 0 Å². The summed E-state index contributed by atoms with van der Waals surface area (Å²) in [6.07, 6.45) is 0. The molecule has 2 heteroatoms. The molecule has 44 heavy (non-hydrogen) atoms. The van der Waals surface area contributed by atoms with Crippen molar-refractivity contribution in [1.82, 2.24) is 4.57 Å². The predicted molar refractivity (Wildman–Crippen MR) is 184 cm³/mol. The van der Waals surface area contributed by atoms with Crippen LogP contribution in [-0.4, -0.2) is 4.57 Å². The standard InChI is InChI=1S/C42H27NO/c1-4-13-39-35(10-1)36-11-2-5-14-40(36)43(39)34-23-20-30(21-24-34)32-9-7-8-31(26-32)28-16-18-29(19-17-28)33-22-25-38-37-12-3-6-15-41(37)44-42(38)27-33/h1-27H. The Morgan fingerprint density at radius 3 is 1.43 bits per heavy atom. The molecule has 0 spiro atoms. The van der Waals surface area contributed by atoms with Crippen molar-refractivity contribution in [1.29, 1.82) is 0 Å². The topological polar surface area (TPSA) is 18.1 Å². The average molecular weight is 562 g/mol. The molecule has 0 bridgehead atoms. The summed E-state index contributed by atoms with van der Waals surface area (Å²) < 4.78 is 8.49. The van der Waals surface area contributed by atoms with Crippen molar-refractivity contribution in [3.8, 4) is 39.1 Å². The van der Waals surface area contributed by atoms with Crippen LogP contribution in [0.2, 0.25) is 0 Å². The normalized spacial score (nSPS) is 11.6. The molecule has 0 aliphatic rings. The van der Waals surface area contributed by atoms with E-state index in [2.05, 4.69) is 156 Å². The minimum absolute atomic E-state index is 0.921. The second kappa shape index (κ2) is 9.86. The third-order valence-electron chi connectivity index (χ3n) is 8.83. The van der Waals surface area contributed by atoms with Gasteiger partial charge in [-0.05, 0) is 81.9 Å². The number of para-hydroxylation sites is 3. The van der Waals surface area contributed by atoms with E-state index < -0.39 is 0 Å². The molecule has 0 unspecified atom stereocenters. The van der Waals surface area contributed by atoms with Crippen LogP contribution in [-0.2, 0) is 0 Å². The van der Waals surface area contributed by atoms with Gasteiger partial charge in [-0.2, -0.15) is 0 Å². The Morgan fingerprint density at radius 1 is 0.318 bits per heavy atom. The number of rotatable bonds is 4. The van der Waals surface area contributed by atoms with Gasteiger partial charge in [0.1, 0.15) is 11.2 Å². The summed E-state index contributed by atoms with van der Waals surface area (Å²) in [6, 6.07) is 58.5. The number of furan rings is 1. The molecule has 0 N–H and O–H groups in total. The van der Waals surface area contributed by atoms with Gasteiger partial charge in [0.2, 0.25) is 0 Å². The minimum Gasteiger partial charge on any atom is -0.456 e. The number of fused-ring (bicyclic) bond motifs is 6. The van der Waals surface area contributed by atoms with E-state index in [4.69, 9.17) is 4.42 Å². The van der Waals surface area contributed by atoms with Gasteiger partial charge < -0.3 is 8.98 Å². The summed E-state index contributed by atoms with van der Waals surface area (Å²) in [5.74, 6) is 0. The Balaban J connectivity index is 1.02. The minimum atomic E-state index is 0.921. The van der Waals surface area contributed by atoms with E-state index in [0.29, 0.717) is 0 Å². The molecule has 2 nitrogen and oxygen atoms in total. The highest BCUT2D eigenvalue weighted by Crippen LogP contribution is 2.35. The van der Waals surface area contributed by atoms with Crippen LogP contribution in [0.1, 0.15) is 0 Å². The molecule has 0 saturated carbocycles. The smallest absolute Gasteiger partial charge is 0.136 e. The Hall–Kier alpha value is -5.86. The van der Waals surface area contributed by atoms with Gasteiger partial charge in [-0.1, -0.05) is 115 Å². The van der Waals surface area contributed by atoms with E-state index >= 15 is 0 Å². The first-order valence-corrected chi connectivity index (χ1v) is 15.0. The molecule has 0 atom stereocenters. The van der Waals surface area contributed by atoms with E-state index in [1.807, 2.05) is 12.1 Å². The second-order valence-corrected chi connectivity index (χ2v) is 11.4. The molecular formula is C42H27NO. The third-order valence-corrected chi connectivity index (χ3v) is 8.83. The maximum atomic E-state index is 6.13. The lowest BCUT2D eigenvalue weighted by atomic mass is 9.97. The number of hydrogen-bond donors (Lipinski definition) is 0. The van der Waals surface area contributed by atoms with Crippen molar-refractivity contribution >= 4 is 43.7 Å². The van der Waals surface area contributed by atoms with E-state index in [-0.39, 0.29) is 0 Å². The summed E-state index contributed by atoms with van der Waals surface area (Å²) in [5, 5.41) is 4.87. The van der Waals surface area contributed by atoms with Crippen LogP contribution in [0.5, 0.6) is 0 Å². The Kier molecular flexibility index (Phi) is 5.54. The van der Waals surface area contributed by atoms with Crippen molar-refractivity contribution < 1.29 is 4.42 Å². The van der Waals surface area contributed by atoms with Crippen molar-refractivity contribution in [2.24, 2.45) is 0 Å². The van der Waals surface area contributed by atoms with Crippen LogP contribution in [0.25, 0.3) is 82.8 Å². The zero-order valence-corrected chi connectivity index (χ0v) is 23.9. The highest BCUT2D eigenvalue weighted by atomic mass is 16.3. The highest BCUT2D eigenvalue weighted by molar-refractivity contribution is 6.09. The fourth-order valence-corrected chi connectivity index (χ4v) is 6.64. The van der Waals surface area contributed by atoms with Gasteiger partial charge in [0.05, 0.1) is 11.0 Å². The summed E-state index contributed by atoms with van der Waals surface area (Å²) in [4.78, 5) is 0. The first kappa shape index (κ1) is 24.7. The second-order valence-electron chi connectivity index (χ2n) is 11.4. The predicted octanol–water partition coefficient (Wildman–Crippen LogP) is 11.7. The number of nitrogens with zero attached hydrogens (tertiary/aromatic N) is 1. The fourth-order valence-electron chi connectivity index (χ4n) is 6.64. The van der Waals surface area contributed by atoms with Crippen LogP contribution < -0.4 is 0 Å². The van der Waals surface area contributed by atoms with Crippen molar-refractivity contribution in [2.75, 3.05) is 0 Å². The van der Waals surface area contributed by atoms with E-state index in [1.54, 1.807) is 0 Å². The Morgan fingerprint density at radius 2 is 0.795 bits per heavy atom. The van der Waals surface area contributed by atoms with Crippen LogP contribution >= 0.6 is 0 Å². The Bertz CT molecular complexity index is 2420. The van der Waals surface area contributed by atoms with E-state index in [0.717, 1.165) is 27.5 Å². The van der Waals surface area contributed by atoms with E-state index in [9.17, 15) is 0 Å².